The molecule has 7 heteroatoms. The second kappa shape index (κ2) is 7.75. The summed E-state index contributed by atoms with van der Waals surface area (Å²) in [6.45, 7) is 0.527. The number of ether oxygens (including phenoxy) is 1. The number of rotatable bonds is 5. The Labute approximate surface area is 171 Å². The molecule has 0 aliphatic carbocycles. The number of hydrogen-bond acceptors (Lipinski definition) is 4. The Balaban J connectivity index is 1.54. The normalized spacial score (nSPS) is 16.5. The van der Waals surface area contributed by atoms with Crippen LogP contribution in [-0.2, 0) is 28.1 Å². The maximum Gasteiger partial charge on any atom is 0.273 e. The van der Waals surface area contributed by atoms with Gasteiger partial charge in [0.1, 0.15) is 12.4 Å². The summed E-state index contributed by atoms with van der Waals surface area (Å²) in [5.74, 6) is -0.404. The van der Waals surface area contributed by atoms with Crippen LogP contribution in [0.5, 0.6) is 5.75 Å². The molecule has 2 aliphatic heterocycles. The fourth-order valence-electron chi connectivity index (χ4n) is 3.48. The van der Waals surface area contributed by atoms with Crippen molar-refractivity contribution in [2.45, 2.75) is 37.7 Å². The van der Waals surface area contributed by atoms with Crippen LogP contribution >= 0.6 is 15.9 Å². The molecule has 2 aliphatic rings. The number of fused-ring (bicyclic) bond motifs is 1. The van der Waals surface area contributed by atoms with Crippen LogP contribution in [0.15, 0.2) is 42.5 Å². The third-order valence-electron chi connectivity index (χ3n) is 4.97. The number of halogens is 1. The zero-order valence-electron chi connectivity index (χ0n) is 15.2. The molecule has 0 aromatic heterocycles. The lowest BCUT2D eigenvalue weighted by Crippen LogP contribution is -2.52. The van der Waals surface area contributed by atoms with Gasteiger partial charge in [0.05, 0.1) is 12.1 Å². The largest absolute Gasteiger partial charge is 0.489 e. The minimum atomic E-state index is -0.342. The fourth-order valence-corrected chi connectivity index (χ4v) is 3.86. The molecule has 2 aromatic rings. The van der Waals surface area contributed by atoms with Crippen molar-refractivity contribution in [3.63, 3.8) is 0 Å². The molecular weight excluding hydrogens is 424 g/mol. The number of piperidine rings is 1. The van der Waals surface area contributed by atoms with Crippen molar-refractivity contribution < 1.29 is 19.1 Å². The van der Waals surface area contributed by atoms with Gasteiger partial charge in [0, 0.05) is 23.7 Å². The molecule has 3 amide bonds. The van der Waals surface area contributed by atoms with Gasteiger partial charge in [0.2, 0.25) is 11.8 Å². The molecule has 0 unspecified atom stereocenters. The van der Waals surface area contributed by atoms with Crippen molar-refractivity contribution in [3.05, 3.63) is 64.7 Å². The van der Waals surface area contributed by atoms with Gasteiger partial charge in [-0.2, -0.15) is 5.01 Å². The Morgan fingerprint density at radius 1 is 0.929 bits per heavy atom. The number of nitrogens with zero attached hydrogens (tertiary/aromatic N) is 2. The van der Waals surface area contributed by atoms with Crippen LogP contribution in [0, 0.1) is 0 Å². The van der Waals surface area contributed by atoms with E-state index in [9.17, 15) is 14.4 Å². The molecule has 2 heterocycles. The van der Waals surface area contributed by atoms with Crippen LogP contribution < -0.4 is 4.74 Å². The predicted octanol–water partition coefficient (Wildman–Crippen LogP) is 3.57. The average molecular weight is 443 g/mol. The van der Waals surface area contributed by atoms with E-state index >= 15 is 0 Å². The van der Waals surface area contributed by atoms with Gasteiger partial charge in [0.25, 0.3) is 5.91 Å². The molecule has 0 N–H and O–H groups in total. The molecule has 4 rings (SSSR count). The van der Waals surface area contributed by atoms with Gasteiger partial charge in [-0.05, 0) is 29.7 Å². The number of hydrogen-bond donors (Lipinski definition) is 0. The first-order valence-corrected chi connectivity index (χ1v) is 10.3. The highest BCUT2D eigenvalue weighted by Gasteiger charge is 2.40. The van der Waals surface area contributed by atoms with Crippen molar-refractivity contribution >= 4 is 33.7 Å². The zero-order chi connectivity index (χ0) is 19.7. The number of hydrazine groups is 1. The lowest BCUT2D eigenvalue weighted by Gasteiger charge is -2.32. The van der Waals surface area contributed by atoms with Crippen molar-refractivity contribution in [1.29, 1.82) is 0 Å². The van der Waals surface area contributed by atoms with Crippen LogP contribution in [0.3, 0.4) is 0 Å². The third-order valence-corrected chi connectivity index (χ3v) is 5.62. The van der Waals surface area contributed by atoms with Crippen molar-refractivity contribution in [2.24, 2.45) is 0 Å². The minimum absolute atomic E-state index is 0.157. The van der Waals surface area contributed by atoms with E-state index in [1.165, 1.54) is 10.6 Å². The van der Waals surface area contributed by atoms with Gasteiger partial charge >= 0.3 is 0 Å². The topological polar surface area (TPSA) is 66.9 Å². The molecule has 2 aromatic carbocycles. The van der Waals surface area contributed by atoms with Gasteiger partial charge in [-0.25, -0.2) is 5.01 Å². The maximum atomic E-state index is 12.8. The Morgan fingerprint density at radius 3 is 2.29 bits per heavy atom. The molecule has 6 nitrogen and oxygen atoms in total. The Bertz CT molecular complexity index is 926. The second-order valence-corrected chi connectivity index (χ2v) is 7.40. The number of carbonyl (C=O) groups excluding carboxylic acids is 3. The quantitative estimate of drug-likeness (QED) is 0.524. The van der Waals surface area contributed by atoms with Gasteiger partial charge in [-0.1, -0.05) is 46.3 Å². The third kappa shape index (κ3) is 3.42. The first-order chi connectivity index (χ1) is 13.6. The summed E-state index contributed by atoms with van der Waals surface area (Å²) in [5.41, 5.74) is 3.38. The van der Waals surface area contributed by atoms with E-state index in [-0.39, 0.29) is 37.1 Å². The van der Waals surface area contributed by atoms with Gasteiger partial charge in [-0.3, -0.25) is 14.4 Å². The first kappa shape index (κ1) is 18.7. The highest BCUT2D eigenvalue weighted by atomic mass is 79.9. The summed E-state index contributed by atoms with van der Waals surface area (Å²) in [5, 5.41) is 3.05. The lowest BCUT2D eigenvalue weighted by molar-refractivity contribution is -0.163. The van der Waals surface area contributed by atoms with Crippen LogP contribution in [0.4, 0.5) is 0 Å². The summed E-state index contributed by atoms with van der Waals surface area (Å²) in [6.07, 6.45) is 1.09. The zero-order valence-corrected chi connectivity index (χ0v) is 16.8. The number of amides is 3. The maximum absolute atomic E-state index is 12.8. The molecule has 0 radical (unpaired) electrons. The molecule has 144 valence electrons. The van der Waals surface area contributed by atoms with E-state index in [2.05, 4.69) is 15.9 Å². The van der Waals surface area contributed by atoms with E-state index < -0.39 is 0 Å². The predicted molar refractivity (Wildman–Crippen MR) is 105 cm³/mol. The summed E-state index contributed by atoms with van der Waals surface area (Å²) in [6, 6.07) is 13.3. The number of carbonyl (C=O) groups is 3. The lowest BCUT2D eigenvalue weighted by atomic mass is 10.1. The standard InChI is InChI=1S/C21H19BrN2O4/c22-11-14-7-9-15(10-8-14)13-28-18-4-1-3-16-17(18)12-23(21(16)27)24-19(25)5-2-6-20(24)26/h1,3-4,7-10H,2,5-6,11-13H2. The highest BCUT2D eigenvalue weighted by Crippen LogP contribution is 2.33. The van der Waals surface area contributed by atoms with Gasteiger partial charge < -0.3 is 4.74 Å². The summed E-state index contributed by atoms with van der Waals surface area (Å²) in [7, 11) is 0. The summed E-state index contributed by atoms with van der Waals surface area (Å²) in [4.78, 5) is 37.2. The van der Waals surface area contributed by atoms with E-state index in [1.807, 2.05) is 30.3 Å². The highest BCUT2D eigenvalue weighted by molar-refractivity contribution is 9.08. The van der Waals surface area contributed by atoms with Crippen LogP contribution in [0.2, 0.25) is 0 Å². The molecule has 1 fully saturated rings. The first-order valence-electron chi connectivity index (χ1n) is 9.14. The van der Waals surface area contributed by atoms with E-state index in [4.69, 9.17) is 4.74 Å². The molecule has 0 bridgehead atoms. The SMILES string of the molecule is O=C1c2cccc(OCc3ccc(CBr)cc3)c2CN1N1C(=O)CCCC1=O. The number of alkyl halides is 1. The Kier molecular flexibility index (Phi) is 5.17. The molecular formula is C21H19BrN2O4. The van der Waals surface area contributed by atoms with Crippen LogP contribution in [0.1, 0.15) is 46.3 Å². The molecule has 0 saturated carbocycles. The minimum Gasteiger partial charge on any atom is -0.489 e. The van der Waals surface area contributed by atoms with Crippen LogP contribution in [0.25, 0.3) is 0 Å². The van der Waals surface area contributed by atoms with Gasteiger partial charge in [0.15, 0.2) is 0 Å². The smallest absolute Gasteiger partial charge is 0.273 e. The number of benzene rings is 2. The summed E-state index contributed by atoms with van der Waals surface area (Å²) < 4.78 is 5.97. The van der Waals surface area contributed by atoms with Gasteiger partial charge in [-0.15, -0.1) is 0 Å². The van der Waals surface area contributed by atoms with Crippen molar-refractivity contribution in [1.82, 2.24) is 10.0 Å². The molecule has 0 atom stereocenters. The molecule has 0 spiro atoms. The van der Waals surface area contributed by atoms with E-state index in [0.29, 0.717) is 29.9 Å². The molecule has 1 saturated heterocycles. The Hall–Kier alpha value is -2.67. The summed E-state index contributed by atoms with van der Waals surface area (Å²) >= 11 is 3.42. The van der Waals surface area contributed by atoms with E-state index in [1.54, 1.807) is 12.1 Å². The second-order valence-electron chi connectivity index (χ2n) is 6.84. The monoisotopic (exact) mass is 442 g/mol. The van der Waals surface area contributed by atoms with Crippen molar-refractivity contribution in [2.75, 3.05) is 0 Å². The fraction of sp³-hybridized carbons (Fsp3) is 0.286. The van der Waals surface area contributed by atoms with Crippen LogP contribution in [-0.4, -0.2) is 27.7 Å². The number of imide groups is 1. The van der Waals surface area contributed by atoms with Crippen molar-refractivity contribution in [3.8, 4) is 5.75 Å². The average Bonchev–Trinajstić information content (AvgIpc) is 3.04. The van der Waals surface area contributed by atoms with E-state index in [0.717, 1.165) is 15.9 Å². The molecule has 28 heavy (non-hydrogen) atoms. The Morgan fingerprint density at radius 2 is 1.61 bits per heavy atom.